The lowest BCUT2D eigenvalue weighted by atomic mass is 9.96. The van der Waals surface area contributed by atoms with Crippen LogP contribution in [0.25, 0.3) is 6.08 Å². The molecule has 1 unspecified atom stereocenters. The number of esters is 1. The van der Waals surface area contributed by atoms with Crippen LogP contribution in [0, 0.1) is 0 Å². The van der Waals surface area contributed by atoms with E-state index in [1.165, 1.54) is 11.3 Å². The molecule has 0 spiro atoms. The van der Waals surface area contributed by atoms with Crippen molar-refractivity contribution in [3.63, 3.8) is 0 Å². The molecule has 8 nitrogen and oxygen atoms in total. The first kappa shape index (κ1) is 27.2. The SMILES string of the molecule is CCCCOc1ccc(/C=c2\sc3n(c2=O)C(c2ccc(OC)cc2)C(C(=O)OCC)=C(C)N=3)cc1OC. The molecular formula is C29H32N2O6S. The van der Waals surface area contributed by atoms with E-state index in [0.29, 0.717) is 44.5 Å². The minimum atomic E-state index is -0.678. The fourth-order valence-electron chi connectivity index (χ4n) is 4.26. The van der Waals surface area contributed by atoms with E-state index in [4.69, 9.17) is 18.9 Å². The maximum absolute atomic E-state index is 13.8. The lowest BCUT2D eigenvalue weighted by molar-refractivity contribution is -0.139. The van der Waals surface area contributed by atoms with Crippen molar-refractivity contribution in [2.45, 2.75) is 39.7 Å². The quantitative estimate of drug-likeness (QED) is 0.288. The highest BCUT2D eigenvalue weighted by Crippen LogP contribution is 2.32. The summed E-state index contributed by atoms with van der Waals surface area (Å²) < 4.78 is 24.1. The zero-order valence-corrected chi connectivity index (χ0v) is 23.1. The number of thiazole rings is 1. The number of hydrogen-bond donors (Lipinski definition) is 0. The molecule has 2 aromatic carbocycles. The van der Waals surface area contributed by atoms with Gasteiger partial charge in [-0.05, 0) is 61.7 Å². The van der Waals surface area contributed by atoms with Crippen LogP contribution in [0.5, 0.6) is 17.2 Å². The molecule has 0 N–H and O–H groups in total. The average molecular weight is 537 g/mol. The third-order valence-corrected chi connectivity index (χ3v) is 7.17. The van der Waals surface area contributed by atoms with Gasteiger partial charge in [-0.25, -0.2) is 9.79 Å². The van der Waals surface area contributed by atoms with Crippen LogP contribution in [-0.2, 0) is 9.53 Å². The molecule has 1 atom stereocenters. The normalized spacial score (nSPS) is 15.1. The molecule has 3 aromatic rings. The molecule has 2 heterocycles. The summed E-state index contributed by atoms with van der Waals surface area (Å²) in [4.78, 5) is 31.9. The van der Waals surface area contributed by atoms with Crippen LogP contribution < -0.4 is 29.1 Å². The summed E-state index contributed by atoms with van der Waals surface area (Å²) in [5, 5.41) is 0. The van der Waals surface area contributed by atoms with E-state index < -0.39 is 12.0 Å². The molecular weight excluding hydrogens is 504 g/mol. The zero-order valence-electron chi connectivity index (χ0n) is 22.3. The molecule has 9 heteroatoms. The molecule has 0 fully saturated rings. The molecule has 0 saturated heterocycles. The molecule has 200 valence electrons. The Labute approximate surface area is 225 Å². The van der Waals surface area contributed by atoms with Crippen molar-refractivity contribution >= 4 is 23.4 Å². The van der Waals surface area contributed by atoms with E-state index in [2.05, 4.69) is 11.9 Å². The van der Waals surface area contributed by atoms with Gasteiger partial charge in [0, 0.05) is 0 Å². The molecule has 1 aliphatic rings. The first-order chi connectivity index (χ1) is 18.4. The highest BCUT2D eigenvalue weighted by Gasteiger charge is 2.33. The predicted octanol–water partition coefficient (Wildman–Crippen LogP) is 3.99. The number of aromatic nitrogens is 1. The van der Waals surface area contributed by atoms with E-state index in [1.807, 2.05) is 30.3 Å². The fourth-order valence-corrected chi connectivity index (χ4v) is 5.31. The van der Waals surface area contributed by atoms with Gasteiger partial charge in [-0.1, -0.05) is 42.9 Å². The summed E-state index contributed by atoms with van der Waals surface area (Å²) >= 11 is 1.27. The van der Waals surface area contributed by atoms with Crippen molar-refractivity contribution in [3.05, 3.63) is 84.5 Å². The number of hydrogen-bond acceptors (Lipinski definition) is 8. The molecule has 0 aliphatic carbocycles. The molecule has 1 aliphatic heterocycles. The Hall–Kier alpha value is -3.85. The smallest absolute Gasteiger partial charge is 0.338 e. The minimum absolute atomic E-state index is 0.218. The Morgan fingerprint density at radius 3 is 2.50 bits per heavy atom. The van der Waals surface area contributed by atoms with Gasteiger partial charge in [0.1, 0.15) is 5.75 Å². The summed E-state index contributed by atoms with van der Waals surface area (Å²) in [7, 11) is 3.18. The fraction of sp³-hybridized carbons (Fsp3) is 0.345. The second-order valence-corrected chi connectivity index (χ2v) is 9.70. The lowest BCUT2D eigenvalue weighted by Gasteiger charge is -2.24. The van der Waals surface area contributed by atoms with E-state index in [1.54, 1.807) is 50.8 Å². The Morgan fingerprint density at radius 1 is 1.08 bits per heavy atom. The highest BCUT2D eigenvalue weighted by atomic mass is 32.1. The molecule has 0 saturated carbocycles. The topological polar surface area (TPSA) is 88.4 Å². The number of nitrogens with zero attached hydrogens (tertiary/aromatic N) is 2. The second kappa shape index (κ2) is 12.1. The van der Waals surface area contributed by atoms with Crippen molar-refractivity contribution in [2.24, 2.45) is 4.99 Å². The van der Waals surface area contributed by atoms with Crippen LogP contribution in [-0.4, -0.2) is 38.0 Å². The van der Waals surface area contributed by atoms with Crippen LogP contribution in [0.2, 0.25) is 0 Å². The summed E-state index contributed by atoms with van der Waals surface area (Å²) in [5.41, 5.74) is 2.16. The van der Waals surface area contributed by atoms with E-state index >= 15 is 0 Å². The number of carbonyl (C=O) groups excluding carboxylic acids is 1. The number of methoxy groups -OCH3 is 2. The van der Waals surface area contributed by atoms with Crippen molar-refractivity contribution in [1.82, 2.24) is 4.57 Å². The first-order valence-corrected chi connectivity index (χ1v) is 13.4. The van der Waals surface area contributed by atoms with Crippen LogP contribution in [0.1, 0.15) is 50.8 Å². The van der Waals surface area contributed by atoms with E-state index in [9.17, 15) is 9.59 Å². The van der Waals surface area contributed by atoms with Crippen LogP contribution in [0.15, 0.2) is 63.5 Å². The Morgan fingerprint density at radius 2 is 1.84 bits per heavy atom. The Kier molecular flexibility index (Phi) is 8.68. The number of ether oxygens (including phenoxy) is 4. The van der Waals surface area contributed by atoms with Crippen LogP contribution in [0.3, 0.4) is 0 Å². The predicted molar refractivity (Wildman–Crippen MR) is 147 cm³/mol. The van der Waals surface area contributed by atoms with E-state index in [-0.39, 0.29) is 12.2 Å². The third-order valence-electron chi connectivity index (χ3n) is 6.19. The maximum Gasteiger partial charge on any atom is 0.338 e. The lowest BCUT2D eigenvalue weighted by Crippen LogP contribution is -2.39. The molecule has 0 amide bonds. The van der Waals surface area contributed by atoms with Gasteiger partial charge >= 0.3 is 5.97 Å². The summed E-state index contributed by atoms with van der Waals surface area (Å²) in [6.45, 7) is 6.45. The van der Waals surface area contributed by atoms with Gasteiger partial charge in [0.25, 0.3) is 5.56 Å². The van der Waals surface area contributed by atoms with Crippen LogP contribution >= 0.6 is 11.3 Å². The number of rotatable bonds is 10. The minimum Gasteiger partial charge on any atom is -0.497 e. The number of unbranched alkanes of at least 4 members (excludes halogenated alkanes) is 1. The number of benzene rings is 2. The van der Waals surface area contributed by atoms with Gasteiger partial charge in [0.2, 0.25) is 0 Å². The van der Waals surface area contributed by atoms with Crippen molar-refractivity contribution in [2.75, 3.05) is 27.4 Å². The Bertz CT molecular complexity index is 1520. The molecule has 0 bridgehead atoms. The summed E-state index contributed by atoms with van der Waals surface area (Å²) in [6.07, 6.45) is 3.79. The zero-order chi connectivity index (χ0) is 27.2. The molecule has 4 rings (SSSR count). The van der Waals surface area contributed by atoms with Gasteiger partial charge in [-0.2, -0.15) is 0 Å². The van der Waals surface area contributed by atoms with E-state index in [0.717, 1.165) is 24.0 Å². The first-order valence-electron chi connectivity index (χ1n) is 12.6. The standard InChI is InChI=1S/C29H32N2O6S/c1-6-8-15-37-22-14-9-19(16-23(22)35-5)17-24-27(32)31-26(20-10-12-21(34-4)13-11-20)25(28(33)36-7-2)18(3)30-29(31)38-24/h9-14,16-17,26H,6-8,15H2,1-5H3/b24-17-. The summed E-state index contributed by atoms with van der Waals surface area (Å²) in [6, 6.07) is 12.2. The van der Waals surface area contributed by atoms with Gasteiger partial charge in [-0.15, -0.1) is 0 Å². The van der Waals surface area contributed by atoms with Gasteiger partial charge in [0.05, 0.1) is 49.3 Å². The number of fused-ring (bicyclic) bond motifs is 1. The van der Waals surface area contributed by atoms with Crippen molar-refractivity contribution < 1.29 is 23.7 Å². The largest absolute Gasteiger partial charge is 0.497 e. The van der Waals surface area contributed by atoms with Gasteiger partial charge in [0.15, 0.2) is 16.3 Å². The number of allylic oxidation sites excluding steroid dienone is 1. The highest BCUT2D eigenvalue weighted by molar-refractivity contribution is 7.07. The number of carbonyl (C=O) groups is 1. The molecule has 0 radical (unpaired) electrons. The van der Waals surface area contributed by atoms with Crippen LogP contribution in [0.4, 0.5) is 0 Å². The molecule has 38 heavy (non-hydrogen) atoms. The van der Waals surface area contributed by atoms with Crippen molar-refractivity contribution in [1.29, 1.82) is 0 Å². The third kappa shape index (κ3) is 5.52. The summed E-state index contributed by atoms with van der Waals surface area (Å²) in [5.74, 6) is 1.44. The van der Waals surface area contributed by atoms with Crippen molar-refractivity contribution in [3.8, 4) is 17.2 Å². The Balaban J connectivity index is 1.82. The average Bonchev–Trinajstić information content (AvgIpc) is 3.22. The van der Waals surface area contributed by atoms with Gasteiger partial charge < -0.3 is 18.9 Å². The monoisotopic (exact) mass is 536 g/mol. The second-order valence-electron chi connectivity index (χ2n) is 8.69. The van der Waals surface area contributed by atoms with Gasteiger partial charge in [-0.3, -0.25) is 9.36 Å². The molecule has 1 aromatic heterocycles. The maximum atomic E-state index is 13.8.